The Morgan fingerprint density at radius 3 is 2.00 bits per heavy atom. The largest absolute Gasteiger partial charge is 0.393 e. The van der Waals surface area contributed by atoms with Gasteiger partial charge in [0.2, 0.25) is 0 Å². The summed E-state index contributed by atoms with van der Waals surface area (Å²) in [5.41, 5.74) is -1.74. The van der Waals surface area contributed by atoms with Crippen LogP contribution in [0.15, 0.2) is 0 Å². The summed E-state index contributed by atoms with van der Waals surface area (Å²) in [5, 5.41) is 17.6. The third-order valence-electron chi connectivity index (χ3n) is 2.86. The van der Waals surface area contributed by atoms with E-state index in [1.807, 2.05) is 0 Å². The molecule has 0 aromatic rings. The lowest BCUT2D eigenvalue weighted by molar-refractivity contribution is -0.0409. The van der Waals surface area contributed by atoms with Crippen LogP contribution in [0.2, 0.25) is 0 Å². The summed E-state index contributed by atoms with van der Waals surface area (Å²) >= 11 is 0. The Bertz CT molecular complexity index is 128. The van der Waals surface area contributed by atoms with Crippen LogP contribution in [-0.2, 0) is 0 Å². The topological polar surface area (TPSA) is 40.5 Å². The smallest absolute Gasteiger partial charge is 0.159 e. The first-order chi connectivity index (χ1) is 5.73. The van der Waals surface area contributed by atoms with E-state index in [0.717, 1.165) is 32.1 Å². The van der Waals surface area contributed by atoms with Crippen molar-refractivity contribution in [2.75, 3.05) is 13.2 Å². The summed E-state index contributed by atoms with van der Waals surface area (Å²) in [6.07, 6.45) is 4.81. The summed E-state index contributed by atoms with van der Waals surface area (Å²) in [4.78, 5) is 0. The maximum atomic E-state index is 13.6. The van der Waals surface area contributed by atoms with Crippen molar-refractivity contribution in [3.63, 3.8) is 0 Å². The van der Waals surface area contributed by atoms with Crippen molar-refractivity contribution < 1.29 is 14.6 Å². The van der Waals surface area contributed by atoms with Crippen LogP contribution in [0.4, 0.5) is 4.39 Å². The average Bonchev–Trinajstić information content (AvgIpc) is 2.18. The number of alkyl halides is 1. The van der Waals surface area contributed by atoms with Gasteiger partial charge in [-0.1, -0.05) is 19.3 Å². The second-order valence-electron chi connectivity index (χ2n) is 3.69. The summed E-state index contributed by atoms with van der Waals surface area (Å²) < 4.78 is 13.6. The minimum Gasteiger partial charge on any atom is -0.393 e. The molecule has 0 unspecified atom stereocenters. The van der Waals surface area contributed by atoms with Crippen LogP contribution in [0.5, 0.6) is 0 Å². The molecule has 0 amide bonds. The van der Waals surface area contributed by atoms with Gasteiger partial charge < -0.3 is 10.2 Å². The molecule has 1 aliphatic carbocycles. The van der Waals surface area contributed by atoms with Gasteiger partial charge in [0.05, 0.1) is 13.2 Å². The van der Waals surface area contributed by atoms with Crippen molar-refractivity contribution in [3.8, 4) is 0 Å². The van der Waals surface area contributed by atoms with Gasteiger partial charge in [0.25, 0.3) is 0 Å². The molecular formula is C9H17FO2. The fraction of sp³-hybridized carbons (Fsp3) is 1.00. The molecule has 0 atom stereocenters. The molecule has 3 heteroatoms. The molecule has 0 heterocycles. The van der Waals surface area contributed by atoms with Crippen LogP contribution in [0.25, 0.3) is 0 Å². The monoisotopic (exact) mass is 176 g/mol. The normalized spacial score (nSPS) is 21.2. The Morgan fingerprint density at radius 1 is 1.08 bits per heavy atom. The second kappa shape index (κ2) is 4.19. The van der Waals surface area contributed by atoms with Gasteiger partial charge in [-0.3, -0.25) is 0 Å². The van der Waals surface area contributed by atoms with Crippen molar-refractivity contribution in [2.45, 2.75) is 37.8 Å². The third-order valence-corrected chi connectivity index (χ3v) is 2.86. The zero-order valence-corrected chi connectivity index (χ0v) is 7.30. The number of aliphatic hydroxyl groups excluding tert-OH is 2. The Labute approximate surface area is 72.4 Å². The lowest BCUT2D eigenvalue weighted by Gasteiger charge is -2.33. The van der Waals surface area contributed by atoms with E-state index >= 15 is 0 Å². The van der Waals surface area contributed by atoms with Crippen LogP contribution in [-0.4, -0.2) is 29.1 Å². The number of halogens is 1. The zero-order chi connectivity index (χ0) is 9.03. The predicted octanol–water partition coefficient (Wildman–Crippen LogP) is 1.26. The molecule has 1 saturated carbocycles. The Morgan fingerprint density at radius 2 is 1.58 bits per heavy atom. The SMILES string of the molecule is OCC(F)(CO)C1CCCCC1. The van der Waals surface area contributed by atoms with Gasteiger partial charge in [0.1, 0.15) is 0 Å². The van der Waals surface area contributed by atoms with Gasteiger partial charge >= 0.3 is 0 Å². The highest BCUT2D eigenvalue weighted by molar-refractivity contribution is 4.87. The van der Waals surface area contributed by atoms with Crippen molar-refractivity contribution in [2.24, 2.45) is 5.92 Å². The number of hydrogen-bond acceptors (Lipinski definition) is 2. The summed E-state index contributed by atoms with van der Waals surface area (Å²) in [7, 11) is 0. The Balaban J connectivity index is 2.51. The van der Waals surface area contributed by atoms with E-state index in [2.05, 4.69) is 0 Å². The molecule has 0 saturated heterocycles. The molecule has 2 nitrogen and oxygen atoms in total. The molecule has 1 rings (SSSR count). The van der Waals surface area contributed by atoms with Crippen molar-refractivity contribution in [3.05, 3.63) is 0 Å². The van der Waals surface area contributed by atoms with E-state index in [0.29, 0.717) is 0 Å². The first-order valence-corrected chi connectivity index (χ1v) is 4.63. The number of hydrogen-bond donors (Lipinski definition) is 2. The molecule has 0 bridgehead atoms. The number of aliphatic hydroxyl groups is 2. The van der Waals surface area contributed by atoms with Gasteiger partial charge in [-0.05, 0) is 18.8 Å². The standard InChI is InChI=1S/C9H17FO2/c10-9(6-11,7-12)8-4-2-1-3-5-8/h8,11-12H,1-7H2. The lowest BCUT2D eigenvalue weighted by Crippen LogP contribution is -2.41. The second-order valence-corrected chi connectivity index (χ2v) is 3.69. The maximum absolute atomic E-state index is 13.6. The van der Waals surface area contributed by atoms with Gasteiger partial charge in [-0.2, -0.15) is 0 Å². The van der Waals surface area contributed by atoms with E-state index in [9.17, 15) is 4.39 Å². The van der Waals surface area contributed by atoms with Crippen LogP contribution in [0.3, 0.4) is 0 Å². The lowest BCUT2D eigenvalue weighted by atomic mass is 9.79. The summed E-state index contributed by atoms with van der Waals surface area (Å²) in [6, 6.07) is 0. The molecule has 0 aromatic heterocycles. The quantitative estimate of drug-likeness (QED) is 0.679. The Kier molecular flexibility index (Phi) is 3.47. The fourth-order valence-corrected chi connectivity index (χ4v) is 1.93. The molecule has 12 heavy (non-hydrogen) atoms. The van der Waals surface area contributed by atoms with Crippen LogP contribution >= 0.6 is 0 Å². The minimum atomic E-state index is -1.74. The molecule has 0 spiro atoms. The van der Waals surface area contributed by atoms with Gasteiger partial charge in [0.15, 0.2) is 5.67 Å². The molecule has 0 aromatic carbocycles. The van der Waals surface area contributed by atoms with Gasteiger partial charge in [-0.15, -0.1) is 0 Å². The molecule has 72 valence electrons. The van der Waals surface area contributed by atoms with Crippen LogP contribution in [0.1, 0.15) is 32.1 Å². The van der Waals surface area contributed by atoms with Gasteiger partial charge in [-0.25, -0.2) is 4.39 Å². The molecular weight excluding hydrogens is 159 g/mol. The van der Waals surface area contributed by atoms with E-state index in [1.165, 1.54) is 0 Å². The molecule has 0 aliphatic heterocycles. The highest BCUT2D eigenvalue weighted by Gasteiger charge is 2.38. The van der Waals surface area contributed by atoms with E-state index in [4.69, 9.17) is 10.2 Å². The number of rotatable bonds is 3. The highest BCUT2D eigenvalue weighted by Crippen LogP contribution is 2.34. The van der Waals surface area contributed by atoms with Crippen molar-refractivity contribution in [1.82, 2.24) is 0 Å². The average molecular weight is 176 g/mol. The predicted molar refractivity (Wildman–Crippen MR) is 44.6 cm³/mol. The fourth-order valence-electron chi connectivity index (χ4n) is 1.93. The maximum Gasteiger partial charge on any atom is 0.159 e. The minimum absolute atomic E-state index is 0.138. The highest BCUT2D eigenvalue weighted by atomic mass is 19.1. The van der Waals surface area contributed by atoms with E-state index < -0.39 is 18.9 Å². The van der Waals surface area contributed by atoms with Crippen LogP contribution < -0.4 is 0 Å². The van der Waals surface area contributed by atoms with Crippen molar-refractivity contribution in [1.29, 1.82) is 0 Å². The van der Waals surface area contributed by atoms with Gasteiger partial charge in [0, 0.05) is 0 Å². The first-order valence-electron chi connectivity index (χ1n) is 4.63. The summed E-state index contributed by atoms with van der Waals surface area (Å²) in [6.45, 7) is -1.09. The van der Waals surface area contributed by atoms with E-state index in [-0.39, 0.29) is 5.92 Å². The van der Waals surface area contributed by atoms with Crippen LogP contribution in [0, 0.1) is 5.92 Å². The third kappa shape index (κ3) is 1.96. The summed E-state index contributed by atoms with van der Waals surface area (Å²) in [5.74, 6) is -0.138. The molecule has 1 fully saturated rings. The molecule has 2 N–H and O–H groups in total. The molecule has 0 radical (unpaired) electrons. The molecule has 1 aliphatic rings. The Hall–Kier alpha value is -0.150. The van der Waals surface area contributed by atoms with Crippen molar-refractivity contribution >= 4 is 0 Å². The first kappa shape index (κ1) is 9.93. The van der Waals surface area contributed by atoms with E-state index in [1.54, 1.807) is 0 Å². The zero-order valence-electron chi connectivity index (χ0n) is 7.30.